The Balaban J connectivity index is 2.23. The molecule has 0 spiro atoms. The number of hydrogen-bond donors (Lipinski definition) is 4. The molecule has 2 aromatic rings. The molecule has 1 aromatic heterocycles. The number of para-hydroxylation sites is 1. The summed E-state index contributed by atoms with van der Waals surface area (Å²) in [5, 5.41) is 16.5. The second kappa shape index (κ2) is 7.77. The summed E-state index contributed by atoms with van der Waals surface area (Å²) in [6.45, 7) is 4.89. The molecule has 0 fully saturated rings. The van der Waals surface area contributed by atoms with Crippen molar-refractivity contribution in [3.05, 3.63) is 69.4 Å². The average molecular weight is 343 g/mol. The van der Waals surface area contributed by atoms with Crippen molar-refractivity contribution in [3.8, 4) is 5.88 Å². The van der Waals surface area contributed by atoms with E-state index in [-0.39, 0.29) is 17.8 Å². The molecular formula is C16H17N5O4. The van der Waals surface area contributed by atoms with E-state index in [1.807, 2.05) is 0 Å². The van der Waals surface area contributed by atoms with Gasteiger partial charge in [-0.1, -0.05) is 24.3 Å². The number of hydrazone groups is 1. The van der Waals surface area contributed by atoms with Gasteiger partial charge in [0, 0.05) is 12.2 Å². The number of amides is 2. The molecule has 2 rings (SSSR count). The number of nitrogens with one attached hydrogen (secondary N) is 3. The molecule has 1 heterocycles. The fraction of sp³-hybridized carbons (Fsp3) is 0.125. The fourth-order valence-corrected chi connectivity index (χ4v) is 2.06. The highest BCUT2D eigenvalue weighted by Gasteiger charge is 2.16. The second-order valence-corrected chi connectivity index (χ2v) is 4.99. The molecule has 0 aliphatic carbocycles. The summed E-state index contributed by atoms with van der Waals surface area (Å²) >= 11 is 0. The summed E-state index contributed by atoms with van der Waals surface area (Å²) in [5.74, 6) is -0.555. The number of rotatable bonds is 5. The monoisotopic (exact) mass is 343 g/mol. The van der Waals surface area contributed by atoms with Crippen molar-refractivity contribution >= 4 is 17.4 Å². The molecule has 0 atom stereocenters. The van der Waals surface area contributed by atoms with Gasteiger partial charge in [-0.2, -0.15) is 5.10 Å². The molecule has 9 nitrogen and oxygen atoms in total. The molecule has 0 unspecified atom stereocenters. The van der Waals surface area contributed by atoms with Crippen molar-refractivity contribution in [1.82, 2.24) is 15.0 Å². The van der Waals surface area contributed by atoms with Gasteiger partial charge in [-0.15, -0.1) is 6.58 Å². The first-order valence-corrected chi connectivity index (χ1v) is 7.27. The topological polar surface area (TPSA) is 129 Å². The van der Waals surface area contributed by atoms with Crippen LogP contribution in [0.15, 0.2) is 57.7 Å². The van der Waals surface area contributed by atoms with Crippen molar-refractivity contribution in [3.63, 3.8) is 0 Å². The zero-order valence-corrected chi connectivity index (χ0v) is 13.4. The van der Waals surface area contributed by atoms with Crippen LogP contribution in [0.2, 0.25) is 0 Å². The minimum Gasteiger partial charge on any atom is -0.494 e. The van der Waals surface area contributed by atoms with Crippen molar-refractivity contribution in [2.24, 2.45) is 5.10 Å². The maximum Gasteiger partial charge on any atom is 0.339 e. The van der Waals surface area contributed by atoms with Crippen LogP contribution < -0.4 is 22.0 Å². The summed E-state index contributed by atoms with van der Waals surface area (Å²) < 4.78 is 0.923. The van der Waals surface area contributed by atoms with E-state index in [1.54, 1.807) is 30.3 Å². The standard InChI is InChI=1S/C16H17N5O4/c1-3-9-21-14(23)12(13(22)18-16(21)25)10(2)19-20-15(24)17-11-7-5-4-6-8-11/h3-8,23H,1,9H2,2H3,(H2,17,20,24)(H,18,22,25). The van der Waals surface area contributed by atoms with Crippen LogP contribution in [0.25, 0.3) is 0 Å². The van der Waals surface area contributed by atoms with Crippen molar-refractivity contribution in [2.45, 2.75) is 13.5 Å². The third-order valence-electron chi connectivity index (χ3n) is 3.20. The number of aromatic hydroxyl groups is 1. The first kappa shape index (κ1) is 17.7. The lowest BCUT2D eigenvalue weighted by Gasteiger charge is -2.09. The normalized spacial score (nSPS) is 11.0. The Morgan fingerprint density at radius 3 is 2.68 bits per heavy atom. The van der Waals surface area contributed by atoms with Crippen molar-refractivity contribution < 1.29 is 9.90 Å². The predicted molar refractivity (Wildman–Crippen MR) is 94.0 cm³/mol. The van der Waals surface area contributed by atoms with Gasteiger partial charge in [-0.25, -0.2) is 15.0 Å². The van der Waals surface area contributed by atoms with E-state index < -0.39 is 23.2 Å². The van der Waals surface area contributed by atoms with Gasteiger partial charge in [-0.05, 0) is 19.1 Å². The molecule has 0 aliphatic rings. The van der Waals surface area contributed by atoms with Crippen LogP contribution in [0.3, 0.4) is 0 Å². The lowest BCUT2D eigenvalue weighted by Crippen LogP contribution is -2.34. The third kappa shape index (κ3) is 4.22. The van der Waals surface area contributed by atoms with Gasteiger partial charge in [-0.3, -0.25) is 14.3 Å². The molecule has 9 heteroatoms. The number of aromatic amines is 1. The Morgan fingerprint density at radius 2 is 2.04 bits per heavy atom. The number of benzene rings is 1. The Morgan fingerprint density at radius 1 is 1.36 bits per heavy atom. The van der Waals surface area contributed by atoms with Gasteiger partial charge in [0.2, 0.25) is 5.88 Å². The van der Waals surface area contributed by atoms with Crippen molar-refractivity contribution in [2.75, 3.05) is 5.32 Å². The van der Waals surface area contributed by atoms with Crippen LogP contribution in [-0.4, -0.2) is 26.4 Å². The minimum atomic E-state index is -0.811. The largest absolute Gasteiger partial charge is 0.494 e. The van der Waals surface area contributed by atoms with Crippen LogP contribution in [0.4, 0.5) is 10.5 Å². The molecule has 0 saturated carbocycles. The number of anilines is 1. The molecule has 0 saturated heterocycles. The highest BCUT2D eigenvalue weighted by atomic mass is 16.3. The Hall–Kier alpha value is -3.62. The van der Waals surface area contributed by atoms with E-state index in [1.165, 1.54) is 13.0 Å². The second-order valence-electron chi connectivity index (χ2n) is 4.99. The molecule has 1 aromatic carbocycles. The first-order valence-electron chi connectivity index (χ1n) is 7.27. The van der Waals surface area contributed by atoms with Gasteiger partial charge in [0.15, 0.2) is 0 Å². The number of H-pyrrole nitrogens is 1. The summed E-state index contributed by atoms with van der Waals surface area (Å²) in [5.41, 5.74) is 1.01. The van der Waals surface area contributed by atoms with Crippen LogP contribution in [0.1, 0.15) is 12.5 Å². The van der Waals surface area contributed by atoms with E-state index in [0.29, 0.717) is 5.69 Å². The lowest BCUT2D eigenvalue weighted by molar-refractivity contribution is 0.252. The SMILES string of the molecule is C=CCn1c(O)c(C(C)=NNC(=O)Nc2ccccc2)c(=O)[nH]c1=O. The molecule has 25 heavy (non-hydrogen) atoms. The average Bonchev–Trinajstić information content (AvgIpc) is 2.57. The van der Waals surface area contributed by atoms with Crippen LogP contribution in [0.5, 0.6) is 5.88 Å². The molecular weight excluding hydrogens is 326 g/mol. The minimum absolute atomic E-state index is 0.00362. The number of nitrogens with zero attached hydrogens (tertiary/aromatic N) is 2. The highest BCUT2D eigenvalue weighted by molar-refractivity contribution is 6.01. The number of aromatic nitrogens is 2. The molecule has 4 N–H and O–H groups in total. The van der Waals surface area contributed by atoms with Gasteiger partial charge in [0.05, 0.1) is 5.71 Å². The smallest absolute Gasteiger partial charge is 0.339 e. The van der Waals surface area contributed by atoms with E-state index >= 15 is 0 Å². The zero-order chi connectivity index (χ0) is 18.4. The summed E-state index contributed by atoms with van der Waals surface area (Å²) in [6, 6.07) is 8.07. The summed E-state index contributed by atoms with van der Waals surface area (Å²) in [7, 11) is 0. The molecule has 0 aliphatic heterocycles. The maximum atomic E-state index is 11.9. The Kier molecular flexibility index (Phi) is 5.51. The molecule has 2 amide bonds. The van der Waals surface area contributed by atoms with Crippen LogP contribution in [0, 0.1) is 0 Å². The maximum absolute atomic E-state index is 11.9. The number of allylic oxidation sites excluding steroid dienone is 1. The van der Waals surface area contributed by atoms with Gasteiger partial charge in [0.1, 0.15) is 5.56 Å². The van der Waals surface area contributed by atoms with Crippen LogP contribution >= 0.6 is 0 Å². The van der Waals surface area contributed by atoms with Crippen molar-refractivity contribution in [1.29, 1.82) is 0 Å². The Bertz CT molecular complexity index is 928. The highest BCUT2D eigenvalue weighted by Crippen LogP contribution is 2.11. The number of hydrogen-bond acceptors (Lipinski definition) is 5. The predicted octanol–water partition coefficient (Wildman–Crippen LogP) is 0.974. The molecule has 0 radical (unpaired) electrons. The summed E-state index contributed by atoms with van der Waals surface area (Å²) in [4.78, 5) is 37.5. The zero-order valence-electron chi connectivity index (χ0n) is 13.4. The summed E-state index contributed by atoms with van der Waals surface area (Å²) in [6.07, 6.45) is 1.39. The van der Waals surface area contributed by atoms with E-state index in [4.69, 9.17) is 0 Å². The number of urea groups is 1. The quantitative estimate of drug-likeness (QED) is 0.366. The van der Waals surface area contributed by atoms with E-state index in [0.717, 1.165) is 4.57 Å². The third-order valence-corrected chi connectivity index (χ3v) is 3.20. The van der Waals surface area contributed by atoms with Crippen LogP contribution in [-0.2, 0) is 6.54 Å². The van der Waals surface area contributed by atoms with Gasteiger partial charge >= 0.3 is 11.7 Å². The molecule has 130 valence electrons. The molecule has 0 bridgehead atoms. The fourth-order valence-electron chi connectivity index (χ4n) is 2.06. The Labute approximate surface area is 142 Å². The number of carbonyl (C=O) groups excluding carboxylic acids is 1. The lowest BCUT2D eigenvalue weighted by atomic mass is 10.2. The first-order chi connectivity index (χ1) is 11.9. The number of carbonyl (C=O) groups is 1. The van der Waals surface area contributed by atoms with E-state index in [9.17, 15) is 19.5 Å². The van der Waals surface area contributed by atoms with Gasteiger partial charge < -0.3 is 10.4 Å². The van der Waals surface area contributed by atoms with Gasteiger partial charge in [0.25, 0.3) is 5.56 Å². The van der Waals surface area contributed by atoms with E-state index in [2.05, 4.69) is 27.4 Å².